The van der Waals surface area contributed by atoms with Crippen molar-refractivity contribution >= 4 is 32.8 Å². The predicted octanol–water partition coefficient (Wildman–Crippen LogP) is 3.14. The van der Waals surface area contributed by atoms with E-state index in [1.165, 1.54) is 22.8 Å². The molecule has 0 aromatic carbocycles. The number of ether oxygens (including phenoxy) is 1. The van der Waals surface area contributed by atoms with Crippen molar-refractivity contribution in [3.05, 3.63) is 47.1 Å². The minimum absolute atomic E-state index is 0.118. The summed E-state index contributed by atoms with van der Waals surface area (Å²) in [6, 6.07) is 3.31. The van der Waals surface area contributed by atoms with Crippen LogP contribution in [0.3, 0.4) is 0 Å². The van der Waals surface area contributed by atoms with Gasteiger partial charge in [0.05, 0.1) is 40.0 Å². The fourth-order valence-electron chi connectivity index (χ4n) is 2.29. The number of nitrogens with one attached hydrogen (secondary N) is 1. The topological polar surface area (TPSA) is 85.6 Å². The summed E-state index contributed by atoms with van der Waals surface area (Å²) in [6.45, 7) is 0. The van der Waals surface area contributed by atoms with Gasteiger partial charge < -0.3 is 4.74 Å². The Bertz CT molecular complexity index is 1210. The normalized spacial score (nSPS) is 14.0. The van der Waals surface area contributed by atoms with Crippen LogP contribution in [0.2, 0.25) is 5.02 Å². The third-order valence-electron chi connectivity index (χ3n) is 3.44. The number of anilines is 1. The Morgan fingerprint density at radius 1 is 1.44 bits per heavy atom. The highest BCUT2D eigenvalue weighted by molar-refractivity contribution is 7.93. The summed E-state index contributed by atoms with van der Waals surface area (Å²) < 4.78 is 94.2. The average Bonchev–Trinajstić information content (AvgIpc) is 3.01. The zero-order chi connectivity index (χ0) is 22.3. The van der Waals surface area contributed by atoms with E-state index in [1.54, 1.807) is 0 Å². The van der Waals surface area contributed by atoms with Crippen LogP contribution in [0.25, 0.3) is 5.52 Å². The number of rotatable bonds is 6. The van der Waals surface area contributed by atoms with Crippen LogP contribution in [-0.4, -0.2) is 36.5 Å². The van der Waals surface area contributed by atoms with E-state index in [-0.39, 0.29) is 15.4 Å². The summed E-state index contributed by atoms with van der Waals surface area (Å²) >= 11 is 5.82. The van der Waals surface area contributed by atoms with Crippen molar-refractivity contribution in [1.82, 2.24) is 14.6 Å². The molecule has 0 radical (unpaired) electrons. The summed E-state index contributed by atoms with van der Waals surface area (Å²) in [6.07, 6.45) is -1.75. The molecule has 0 fully saturated rings. The first kappa shape index (κ1) is 15.5. The minimum atomic E-state index is -4.44. The van der Waals surface area contributed by atoms with Gasteiger partial charge in [-0.3, -0.25) is 4.72 Å². The quantitative estimate of drug-likeness (QED) is 0.658. The van der Waals surface area contributed by atoms with Crippen LogP contribution in [0.15, 0.2) is 35.5 Å². The first-order valence-corrected chi connectivity index (χ1v) is 9.04. The molecule has 0 aliphatic heterocycles. The van der Waals surface area contributed by atoms with Crippen molar-refractivity contribution in [1.29, 1.82) is 0 Å². The van der Waals surface area contributed by atoms with Gasteiger partial charge >= 0.3 is 0 Å². The van der Waals surface area contributed by atoms with Crippen molar-refractivity contribution in [3.8, 4) is 5.88 Å². The Labute approximate surface area is 161 Å². The number of methoxy groups -OCH3 is 1. The Hall–Kier alpha value is -2.53. The second-order valence-electron chi connectivity index (χ2n) is 5.26. The molecule has 7 nitrogen and oxygen atoms in total. The molecule has 0 unspecified atom stereocenters. The lowest BCUT2D eigenvalue weighted by Crippen LogP contribution is -2.15. The minimum Gasteiger partial charge on any atom is -0.479 e. The fourth-order valence-corrected chi connectivity index (χ4v) is 3.61. The number of nitrogens with zero attached hydrogens (tertiary/aromatic N) is 3. The number of halogens is 4. The number of fused-ring (bicyclic) bond motifs is 1. The molecule has 3 aromatic heterocycles. The van der Waals surface area contributed by atoms with Crippen molar-refractivity contribution in [2.45, 2.75) is 17.7 Å². The van der Waals surface area contributed by atoms with Crippen molar-refractivity contribution < 1.29 is 30.4 Å². The Kier molecular flexibility index (Phi) is 4.16. The first-order valence-electron chi connectivity index (χ1n) is 8.68. The number of sulfonamides is 1. The molecule has 1 N–H and O–H groups in total. The van der Waals surface area contributed by atoms with E-state index < -0.39 is 53.0 Å². The molecule has 12 heteroatoms. The van der Waals surface area contributed by atoms with Crippen LogP contribution in [0.5, 0.6) is 5.88 Å². The monoisotopic (exact) mass is 423 g/mol. The average molecular weight is 424 g/mol. The van der Waals surface area contributed by atoms with E-state index in [4.69, 9.17) is 15.7 Å². The van der Waals surface area contributed by atoms with Gasteiger partial charge in [-0.1, -0.05) is 11.6 Å². The van der Waals surface area contributed by atoms with Crippen molar-refractivity contribution in [3.63, 3.8) is 0 Å². The number of hydrogen-bond acceptors (Lipinski definition) is 5. The molecular weight excluding hydrogens is 409 g/mol. The van der Waals surface area contributed by atoms with Gasteiger partial charge in [0.25, 0.3) is 10.0 Å². The molecule has 0 atom stereocenters. The molecule has 144 valence electrons. The maximum Gasteiger partial charge on any atom is 0.265 e. The predicted molar refractivity (Wildman–Crippen MR) is 91.5 cm³/mol. The van der Waals surface area contributed by atoms with E-state index in [0.717, 1.165) is 6.20 Å². The van der Waals surface area contributed by atoms with Crippen LogP contribution in [0.4, 0.5) is 18.9 Å². The lowest BCUT2D eigenvalue weighted by molar-refractivity contribution is 0.146. The number of hydrogen-bond donors (Lipinski definition) is 1. The van der Waals surface area contributed by atoms with E-state index >= 15 is 0 Å². The van der Waals surface area contributed by atoms with Gasteiger partial charge in [0.1, 0.15) is 16.4 Å². The summed E-state index contributed by atoms with van der Waals surface area (Å²) in [5.74, 6) is -2.15. The van der Waals surface area contributed by atoms with Gasteiger partial charge in [0.15, 0.2) is 0 Å². The summed E-state index contributed by atoms with van der Waals surface area (Å²) in [5.41, 5.74) is -1.35. The zero-order valence-corrected chi connectivity index (χ0v) is 14.7. The van der Waals surface area contributed by atoms with Gasteiger partial charge in [-0.15, -0.1) is 0 Å². The highest BCUT2D eigenvalue weighted by Gasteiger charge is 2.24. The second-order valence-corrected chi connectivity index (χ2v) is 7.35. The fraction of sp³-hybridized carbons (Fsp3) is 0.200. The summed E-state index contributed by atoms with van der Waals surface area (Å²) in [5, 5.41) is 4.14. The molecule has 0 aliphatic carbocycles. The standard InChI is InChI=1S/C15H12ClF3N4O3S/c1-26-15-11(4-9(17)10(21-15)5-14(18)19)22-27(24,25)13-6-20-23-7-8(16)2-3-12(13)23/h2-4,6-7,14,22H,5H2,1H3/i1D3. The molecular formula is C15H12ClF3N4O3S. The van der Waals surface area contributed by atoms with Gasteiger partial charge in [-0.05, 0) is 12.1 Å². The van der Waals surface area contributed by atoms with E-state index in [0.29, 0.717) is 6.07 Å². The maximum atomic E-state index is 14.2. The highest BCUT2D eigenvalue weighted by atomic mass is 35.5. The van der Waals surface area contributed by atoms with Gasteiger partial charge in [0, 0.05) is 12.3 Å². The zero-order valence-electron chi connectivity index (χ0n) is 16.2. The molecule has 0 aliphatic rings. The lowest BCUT2D eigenvalue weighted by Gasteiger charge is -2.12. The molecule has 0 bridgehead atoms. The van der Waals surface area contributed by atoms with Gasteiger partial charge in [-0.25, -0.2) is 31.1 Å². The van der Waals surface area contributed by atoms with E-state index in [9.17, 15) is 21.6 Å². The molecule has 3 rings (SSSR count). The molecule has 0 saturated heterocycles. The van der Waals surface area contributed by atoms with Gasteiger partial charge in [0.2, 0.25) is 12.3 Å². The molecule has 0 saturated carbocycles. The highest BCUT2D eigenvalue weighted by Crippen LogP contribution is 2.29. The number of aromatic nitrogens is 3. The van der Waals surface area contributed by atoms with Crippen molar-refractivity contribution in [2.75, 3.05) is 11.8 Å². The Balaban J connectivity index is 2.06. The van der Waals surface area contributed by atoms with Crippen LogP contribution in [0, 0.1) is 5.82 Å². The largest absolute Gasteiger partial charge is 0.479 e. The smallest absolute Gasteiger partial charge is 0.265 e. The molecule has 27 heavy (non-hydrogen) atoms. The van der Waals surface area contributed by atoms with Gasteiger partial charge in [-0.2, -0.15) is 5.10 Å². The summed E-state index contributed by atoms with van der Waals surface area (Å²) in [4.78, 5) is 3.10. The number of alkyl halides is 2. The Morgan fingerprint density at radius 2 is 2.22 bits per heavy atom. The molecule has 0 amide bonds. The van der Waals surface area contributed by atoms with E-state index in [2.05, 4.69) is 14.8 Å². The molecule has 3 aromatic rings. The lowest BCUT2D eigenvalue weighted by atomic mass is 10.2. The van der Waals surface area contributed by atoms with Crippen LogP contribution in [0.1, 0.15) is 9.81 Å². The number of pyridine rings is 2. The first-order chi connectivity index (χ1) is 13.9. The summed E-state index contributed by atoms with van der Waals surface area (Å²) in [7, 11) is -7.54. The van der Waals surface area contributed by atoms with Crippen molar-refractivity contribution in [2.24, 2.45) is 0 Å². The molecule has 0 spiro atoms. The Morgan fingerprint density at radius 3 is 2.93 bits per heavy atom. The SMILES string of the molecule is [2H]C([2H])([2H])Oc1nc(CC(F)F)c(F)cc1NS(=O)(=O)c1cnn2cc(Cl)ccc12. The van der Waals surface area contributed by atoms with Crippen LogP contribution in [-0.2, 0) is 16.4 Å². The van der Waals surface area contributed by atoms with E-state index in [1.807, 2.05) is 4.72 Å². The van der Waals surface area contributed by atoms with Crippen LogP contribution >= 0.6 is 11.6 Å². The third-order valence-corrected chi connectivity index (χ3v) is 5.04. The molecule has 3 heterocycles. The van der Waals surface area contributed by atoms with Crippen LogP contribution < -0.4 is 9.46 Å². The maximum absolute atomic E-state index is 14.2. The second kappa shape index (κ2) is 7.24. The third kappa shape index (κ3) is 3.93.